The van der Waals surface area contributed by atoms with Gasteiger partial charge in [0.2, 0.25) is 0 Å². The molecule has 0 aliphatic carbocycles. The Hall–Kier alpha value is -2.11. The van der Waals surface area contributed by atoms with Crippen LogP contribution in [0.25, 0.3) is 0 Å². The molecule has 1 amide bonds. The van der Waals surface area contributed by atoms with Gasteiger partial charge in [-0.1, -0.05) is 6.07 Å². The van der Waals surface area contributed by atoms with E-state index in [0.29, 0.717) is 11.3 Å². The average molecular weight is 266 g/mol. The van der Waals surface area contributed by atoms with E-state index in [0.717, 1.165) is 0 Å². The number of hydrogen-bond donors (Lipinski definition) is 2. The quantitative estimate of drug-likeness (QED) is 0.866. The van der Waals surface area contributed by atoms with Crippen LogP contribution in [0.15, 0.2) is 18.3 Å². The van der Waals surface area contributed by atoms with Crippen molar-refractivity contribution in [1.82, 2.24) is 10.3 Å². The van der Waals surface area contributed by atoms with Gasteiger partial charge in [-0.2, -0.15) is 0 Å². The second kappa shape index (κ2) is 6.17. The molecule has 1 heterocycles. The molecule has 6 heteroatoms. The molecule has 0 radical (unpaired) electrons. The molecular weight excluding hydrogens is 248 g/mol. The maximum absolute atomic E-state index is 11.4. The first-order valence-corrected chi connectivity index (χ1v) is 5.89. The molecule has 0 fully saturated rings. The van der Waals surface area contributed by atoms with Crippen molar-refractivity contribution < 1.29 is 19.4 Å². The summed E-state index contributed by atoms with van der Waals surface area (Å²) in [6.07, 6.45) is 0.913. The van der Waals surface area contributed by atoms with Crippen LogP contribution in [0.3, 0.4) is 0 Å². The minimum atomic E-state index is -0.901. The lowest BCUT2D eigenvalue weighted by atomic mass is 10.2. The molecule has 0 aliphatic rings. The van der Waals surface area contributed by atoms with E-state index >= 15 is 0 Å². The monoisotopic (exact) mass is 266 g/mol. The van der Waals surface area contributed by atoms with E-state index in [2.05, 4.69) is 10.3 Å². The molecule has 0 aliphatic heterocycles. The lowest BCUT2D eigenvalue weighted by Crippen LogP contribution is -2.32. The summed E-state index contributed by atoms with van der Waals surface area (Å²) in [5.74, 6) is -0.901. The van der Waals surface area contributed by atoms with E-state index in [9.17, 15) is 9.59 Å². The third-order valence-electron chi connectivity index (χ3n) is 2.05. The number of rotatable bonds is 4. The van der Waals surface area contributed by atoms with Gasteiger partial charge in [0.1, 0.15) is 5.60 Å². The van der Waals surface area contributed by atoms with Crippen molar-refractivity contribution in [2.24, 2.45) is 0 Å². The predicted molar refractivity (Wildman–Crippen MR) is 68.7 cm³/mol. The van der Waals surface area contributed by atoms with E-state index in [-0.39, 0.29) is 13.0 Å². The zero-order chi connectivity index (χ0) is 14.5. The zero-order valence-electron chi connectivity index (χ0n) is 11.3. The highest BCUT2D eigenvalue weighted by molar-refractivity contribution is 5.70. The number of aromatic nitrogens is 1. The topological polar surface area (TPSA) is 88.5 Å². The van der Waals surface area contributed by atoms with Crippen molar-refractivity contribution in [2.75, 3.05) is 0 Å². The van der Waals surface area contributed by atoms with Crippen molar-refractivity contribution in [2.45, 2.75) is 39.3 Å². The Bertz CT molecular complexity index is 449. The number of carbonyl (C=O) groups excluding carboxylic acids is 1. The summed E-state index contributed by atoms with van der Waals surface area (Å²) in [4.78, 5) is 26.0. The Balaban J connectivity index is 2.46. The highest BCUT2D eigenvalue weighted by Gasteiger charge is 2.15. The van der Waals surface area contributed by atoms with Gasteiger partial charge in [0.15, 0.2) is 0 Å². The van der Waals surface area contributed by atoms with Gasteiger partial charge >= 0.3 is 12.1 Å². The largest absolute Gasteiger partial charge is 0.481 e. The van der Waals surface area contributed by atoms with Crippen molar-refractivity contribution in [3.63, 3.8) is 0 Å². The van der Waals surface area contributed by atoms with Crippen molar-refractivity contribution >= 4 is 12.1 Å². The molecule has 19 heavy (non-hydrogen) atoms. The summed E-state index contributed by atoms with van der Waals surface area (Å²) in [6, 6.07) is 3.35. The normalized spacial score (nSPS) is 10.9. The fraction of sp³-hybridized carbons (Fsp3) is 0.462. The van der Waals surface area contributed by atoms with Crippen LogP contribution in [0, 0.1) is 0 Å². The summed E-state index contributed by atoms with van der Waals surface area (Å²) < 4.78 is 5.08. The molecule has 0 saturated heterocycles. The van der Waals surface area contributed by atoms with Crippen LogP contribution in [0.5, 0.6) is 0 Å². The number of amides is 1. The third-order valence-corrected chi connectivity index (χ3v) is 2.05. The summed E-state index contributed by atoms with van der Waals surface area (Å²) >= 11 is 0. The van der Waals surface area contributed by atoms with Crippen LogP contribution < -0.4 is 5.32 Å². The molecular formula is C13H18N2O4. The molecule has 0 saturated carbocycles. The first kappa shape index (κ1) is 14.9. The van der Waals surface area contributed by atoms with E-state index in [1.54, 1.807) is 32.9 Å². The highest BCUT2D eigenvalue weighted by atomic mass is 16.6. The number of nitrogens with zero attached hydrogens (tertiary/aromatic N) is 1. The van der Waals surface area contributed by atoms with Crippen LogP contribution in [0.2, 0.25) is 0 Å². The van der Waals surface area contributed by atoms with Gasteiger partial charge in [0.25, 0.3) is 0 Å². The van der Waals surface area contributed by atoms with Crippen molar-refractivity contribution in [1.29, 1.82) is 0 Å². The van der Waals surface area contributed by atoms with E-state index in [4.69, 9.17) is 9.84 Å². The van der Waals surface area contributed by atoms with E-state index in [1.165, 1.54) is 6.20 Å². The van der Waals surface area contributed by atoms with Gasteiger partial charge < -0.3 is 15.2 Å². The Morgan fingerprint density at radius 3 is 2.53 bits per heavy atom. The molecule has 0 bridgehead atoms. The Labute approximate surface area is 111 Å². The summed E-state index contributed by atoms with van der Waals surface area (Å²) in [6.45, 7) is 5.59. The Morgan fingerprint density at radius 1 is 1.37 bits per heavy atom. The number of hydrogen-bond acceptors (Lipinski definition) is 4. The SMILES string of the molecule is CC(C)(C)OC(=O)NCc1ccc(CC(=O)O)cn1. The number of ether oxygens (including phenoxy) is 1. The Kier molecular flexibility index (Phi) is 4.86. The van der Waals surface area contributed by atoms with Gasteiger partial charge in [-0.3, -0.25) is 9.78 Å². The number of carboxylic acids is 1. The molecule has 1 aromatic heterocycles. The smallest absolute Gasteiger partial charge is 0.407 e. The van der Waals surface area contributed by atoms with Gasteiger partial charge in [0.05, 0.1) is 18.7 Å². The van der Waals surface area contributed by atoms with E-state index < -0.39 is 17.7 Å². The maximum Gasteiger partial charge on any atom is 0.407 e. The highest BCUT2D eigenvalue weighted by Crippen LogP contribution is 2.07. The molecule has 104 valence electrons. The predicted octanol–water partition coefficient (Wildman–Crippen LogP) is 1.73. The Morgan fingerprint density at radius 2 is 2.05 bits per heavy atom. The molecule has 0 unspecified atom stereocenters. The number of pyridine rings is 1. The van der Waals surface area contributed by atoms with Gasteiger partial charge in [-0.15, -0.1) is 0 Å². The molecule has 2 N–H and O–H groups in total. The van der Waals surface area contributed by atoms with Gasteiger partial charge in [0, 0.05) is 6.20 Å². The fourth-order valence-corrected chi connectivity index (χ4v) is 1.32. The molecule has 0 atom stereocenters. The van der Waals surface area contributed by atoms with Crippen molar-refractivity contribution in [3.8, 4) is 0 Å². The van der Waals surface area contributed by atoms with Crippen LogP contribution in [0.1, 0.15) is 32.0 Å². The molecule has 1 rings (SSSR count). The minimum Gasteiger partial charge on any atom is -0.481 e. The van der Waals surface area contributed by atoms with Gasteiger partial charge in [-0.25, -0.2) is 4.79 Å². The summed E-state index contributed by atoms with van der Waals surface area (Å²) in [5.41, 5.74) is 0.719. The lowest BCUT2D eigenvalue weighted by Gasteiger charge is -2.19. The van der Waals surface area contributed by atoms with Gasteiger partial charge in [-0.05, 0) is 32.4 Å². The second-order valence-corrected chi connectivity index (χ2v) is 5.08. The van der Waals surface area contributed by atoms with Crippen LogP contribution in [-0.4, -0.2) is 27.8 Å². The number of carbonyl (C=O) groups is 2. The minimum absolute atomic E-state index is 0.0627. The molecule has 1 aromatic rings. The molecule has 6 nitrogen and oxygen atoms in total. The second-order valence-electron chi connectivity index (χ2n) is 5.08. The first-order chi connectivity index (χ1) is 8.76. The number of nitrogens with one attached hydrogen (secondary N) is 1. The lowest BCUT2D eigenvalue weighted by molar-refractivity contribution is -0.136. The number of carboxylic acid groups (broad SMARTS) is 1. The van der Waals surface area contributed by atoms with Crippen LogP contribution >= 0.6 is 0 Å². The standard InChI is InChI=1S/C13H18N2O4/c1-13(2,3)19-12(18)15-8-10-5-4-9(7-14-10)6-11(16)17/h4-5,7H,6,8H2,1-3H3,(H,15,18)(H,16,17). The van der Waals surface area contributed by atoms with Crippen molar-refractivity contribution in [3.05, 3.63) is 29.6 Å². The van der Waals surface area contributed by atoms with E-state index in [1.807, 2.05) is 0 Å². The molecule has 0 spiro atoms. The summed E-state index contributed by atoms with van der Waals surface area (Å²) in [5, 5.41) is 11.2. The van der Waals surface area contributed by atoms with Crippen LogP contribution in [-0.2, 0) is 22.5 Å². The maximum atomic E-state index is 11.4. The molecule has 0 aromatic carbocycles. The average Bonchev–Trinajstić information content (AvgIpc) is 2.25. The fourth-order valence-electron chi connectivity index (χ4n) is 1.32. The number of alkyl carbamates (subject to hydrolysis) is 1. The first-order valence-electron chi connectivity index (χ1n) is 5.89. The third kappa shape index (κ3) is 6.40. The van der Waals surface area contributed by atoms with Crippen LogP contribution in [0.4, 0.5) is 4.79 Å². The number of aliphatic carboxylic acids is 1. The summed E-state index contributed by atoms with van der Waals surface area (Å²) in [7, 11) is 0. The zero-order valence-corrected chi connectivity index (χ0v) is 11.3.